The molecule has 0 aliphatic carbocycles. The number of hydrogen-bond acceptors (Lipinski definition) is 3. The van der Waals surface area contributed by atoms with Crippen molar-refractivity contribution in [2.24, 2.45) is 0 Å². The second-order valence-electron chi connectivity index (χ2n) is 4.75. The van der Waals surface area contributed by atoms with Crippen LogP contribution in [-0.4, -0.2) is 17.1 Å². The highest BCUT2D eigenvalue weighted by Crippen LogP contribution is 2.28. The monoisotopic (exact) mass is 353 g/mol. The number of thiophene rings is 1. The number of benzene rings is 1. The van der Waals surface area contributed by atoms with E-state index < -0.39 is 0 Å². The average molecular weight is 354 g/mol. The molecule has 0 saturated heterocycles. The highest BCUT2D eigenvalue weighted by molar-refractivity contribution is 7.17. The van der Waals surface area contributed by atoms with E-state index in [1.54, 1.807) is 24.3 Å². The van der Waals surface area contributed by atoms with E-state index in [4.69, 9.17) is 27.9 Å². The van der Waals surface area contributed by atoms with Gasteiger partial charge in [0.2, 0.25) is 0 Å². The molecule has 3 aromatic rings. The van der Waals surface area contributed by atoms with Crippen LogP contribution < -0.4 is 0 Å². The summed E-state index contributed by atoms with van der Waals surface area (Å²) in [5, 5.41) is 3.03. The first kappa shape index (κ1) is 15.4. The summed E-state index contributed by atoms with van der Waals surface area (Å²) in [5.74, 6) is -0.314. The van der Waals surface area contributed by atoms with Crippen molar-refractivity contribution in [1.82, 2.24) is 4.57 Å². The Kier molecular flexibility index (Phi) is 4.43. The Labute approximate surface area is 142 Å². The maximum absolute atomic E-state index is 12.2. The summed E-state index contributed by atoms with van der Waals surface area (Å²) in [6.45, 7) is 2.68. The van der Waals surface area contributed by atoms with Gasteiger partial charge in [0.25, 0.3) is 0 Å². The molecule has 0 unspecified atom stereocenters. The van der Waals surface area contributed by atoms with Crippen molar-refractivity contribution in [1.29, 1.82) is 0 Å². The fourth-order valence-electron chi connectivity index (χ4n) is 2.34. The van der Waals surface area contributed by atoms with Gasteiger partial charge in [-0.15, -0.1) is 11.3 Å². The van der Waals surface area contributed by atoms with E-state index in [9.17, 15) is 4.79 Å². The molecule has 0 bridgehead atoms. The molecular formula is C16H13Cl2NO2S. The van der Waals surface area contributed by atoms with Crippen molar-refractivity contribution >= 4 is 50.7 Å². The number of hydrogen-bond donors (Lipinski definition) is 0. The highest BCUT2D eigenvalue weighted by Gasteiger charge is 2.17. The maximum atomic E-state index is 12.2. The molecule has 114 valence electrons. The van der Waals surface area contributed by atoms with Gasteiger partial charge in [-0.05, 0) is 42.1 Å². The quantitative estimate of drug-likeness (QED) is 0.601. The number of rotatable bonds is 4. The van der Waals surface area contributed by atoms with Gasteiger partial charge in [-0.25, -0.2) is 4.79 Å². The molecular weight excluding hydrogens is 341 g/mol. The minimum atomic E-state index is -0.314. The molecule has 0 aliphatic heterocycles. The minimum Gasteiger partial charge on any atom is -0.461 e. The van der Waals surface area contributed by atoms with Crippen LogP contribution in [0.15, 0.2) is 35.7 Å². The van der Waals surface area contributed by atoms with Crippen molar-refractivity contribution < 1.29 is 9.53 Å². The van der Waals surface area contributed by atoms with Crippen LogP contribution in [-0.2, 0) is 11.3 Å². The lowest BCUT2D eigenvalue weighted by Crippen LogP contribution is -2.12. The van der Waals surface area contributed by atoms with Crippen LogP contribution in [0.4, 0.5) is 0 Å². The lowest BCUT2D eigenvalue weighted by Gasteiger charge is -2.10. The summed E-state index contributed by atoms with van der Waals surface area (Å²) in [7, 11) is 0. The predicted octanol–water partition coefficient (Wildman–Crippen LogP) is 5.23. The molecule has 0 spiro atoms. The predicted molar refractivity (Wildman–Crippen MR) is 91.3 cm³/mol. The Bertz CT molecular complexity index is 838. The first-order valence-electron chi connectivity index (χ1n) is 6.78. The molecule has 3 rings (SSSR count). The molecule has 22 heavy (non-hydrogen) atoms. The van der Waals surface area contributed by atoms with Gasteiger partial charge in [0.1, 0.15) is 5.69 Å². The standard InChI is InChI=1S/C16H13Cl2NO2S/c1-2-21-16(20)14-8-15-13(5-6-22-15)19(14)9-10-3-4-11(17)12(18)7-10/h3-8H,2,9H2,1H3. The highest BCUT2D eigenvalue weighted by atomic mass is 35.5. The summed E-state index contributed by atoms with van der Waals surface area (Å²) in [4.78, 5) is 12.2. The summed E-state index contributed by atoms with van der Waals surface area (Å²) < 4.78 is 8.15. The normalized spacial score (nSPS) is 11.0. The number of aromatic nitrogens is 1. The summed E-state index contributed by atoms with van der Waals surface area (Å²) in [6, 6.07) is 9.35. The van der Waals surface area contributed by atoms with Crippen molar-refractivity contribution in [2.75, 3.05) is 6.61 Å². The molecule has 3 nitrogen and oxygen atoms in total. The van der Waals surface area contributed by atoms with Crippen LogP contribution in [0.25, 0.3) is 10.2 Å². The van der Waals surface area contributed by atoms with Gasteiger partial charge in [-0.2, -0.15) is 0 Å². The number of carbonyl (C=O) groups excluding carboxylic acids is 1. The SMILES string of the molecule is CCOC(=O)c1cc2sccc2n1Cc1ccc(Cl)c(Cl)c1. The number of ether oxygens (including phenoxy) is 1. The maximum Gasteiger partial charge on any atom is 0.355 e. The molecule has 0 N–H and O–H groups in total. The molecule has 0 fully saturated rings. The second-order valence-corrected chi connectivity index (χ2v) is 6.52. The fraction of sp³-hybridized carbons (Fsp3) is 0.188. The van der Waals surface area contributed by atoms with Gasteiger partial charge in [0, 0.05) is 6.54 Å². The Morgan fingerprint density at radius 2 is 2.05 bits per heavy atom. The molecule has 1 aromatic carbocycles. The van der Waals surface area contributed by atoms with Gasteiger partial charge >= 0.3 is 5.97 Å². The van der Waals surface area contributed by atoms with Gasteiger partial charge in [-0.3, -0.25) is 0 Å². The summed E-state index contributed by atoms with van der Waals surface area (Å²) in [5.41, 5.74) is 2.54. The number of carbonyl (C=O) groups is 1. The Morgan fingerprint density at radius 1 is 1.23 bits per heavy atom. The molecule has 0 amide bonds. The fourth-order valence-corrected chi connectivity index (χ4v) is 3.49. The van der Waals surface area contributed by atoms with E-state index in [1.807, 2.05) is 34.2 Å². The van der Waals surface area contributed by atoms with E-state index in [-0.39, 0.29) is 5.97 Å². The molecule has 0 radical (unpaired) electrons. The summed E-state index contributed by atoms with van der Waals surface area (Å²) in [6.07, 6.45) is 0. The van der Waals surface area contributed by atoms with Crippen molar-refractivity contribution in [3.8, 4) is 0 Å². The Morgan fingerprint density at radius 3 is 2.77 bits per heavy atom. The van der Waals surface area contributed by atoms with Crippen LogP contribution in [0.2, 0.25) is 10.0 Å². The van der Waals surface area contributed by atoms with Gasteiger partial charge in [-0.1, -0.05) is 29.3 Å². The zero-order chi connectivity index (χ0) is 15.7. The smallest absolute Gasteiger partial charge is 0.355 e. The minimum absolute atomic E-state index is 0.314. The number of fused-ring (bicyclic) bond motifs is 1. The van der Waals surface area contributed by atoms with Gasteiger partial charge < -0.3 is 9.30 Å². The lowest BCUT2D eigenvalue weighted by molar-refractivity contribution is 0.0515. The third-order valence-corrected chi connectivity index (χ3v) is 4.92. The van der Waals surface area contributed by atoms with Gasteiger partial charge in [0.05, 0.1) is 26.9 Å². The molecule has 6 heteroatoms. The van der Waals surface area contributed by atoms with Crippen LogP contribution in [0, 0.1) is 0 Å². The first-order chi connectivity index (χ1) is 10.6. The van der Waals surface area contributed by atoms with Crippen LogP contribution in [0.5, 0.6) is 0 Å². The molecule has 2 heterocycles. The summed E-state index contributed by atoms with van der Waals surface area (Å²) >= 11 is 13.6. The lowest BCUT2D eigenvalue weighted by atomic mass is 10.2. The van der Waals surface area contributed by atoms with E-state index in [0.717, 1.165) is 15.8 Å². The van der Waals surface area contributed by atoms with Crippen molar-refractivity contribution in [3.05, 3.63) is 57.0 Å². The van der Waals surface area contributed by atoms with E-state index in [0.29, 0.717) is 28.9 Å². The zero-order valence-electron chi connectivity index (χ0n) is 11.8. The molecule has 0 aliphatic rings. The third-order valence-electron chi connectivity index (χ3n) is 3.33. The zero-order valence-corrected chi connectivity index (χ0v) is 14.1. The van der Waals surface area contributed by atoms with E-state index in [2.05, 4.69) is 0 Å². The average Bonchev–Trinajstić information content (AvgIpc) is 3.06. The third kappa shape index (κ3) is 2.86. The Hall–Kier alpha value is -1.49. The molecule has 0 saturated carbocycles. The van der Waals surface area contributed by atoms with E-state index >= 15 is 0 Å². The van der Waals surface area contributed by atoms with Crippen LogP contribution in [0.1, 0.15) is 23.0 Å². The number of halogens is 2. The number of nitrogens with zero attached hydrogens (tertiary/aromatic N) is 1. The van der Waals surface area contributed by atoms with Crippen LogP contribution in [0.3, 0.4) is 0 Å². The second kappa shape index (κ2) is 6.32. The molecule has 2 aromatic heterocycles. The van der Waals surface area contributed by atoms with Crippen LogP contribution >= 0.6 is 34.5 Å². The first-order valence-corrected chi connectivity index (χ1v) is 8.41. The molecule has 0 atom stereocenters. The van der Waals surface area contributed by atoms with E-state index in [1.165, 1.54) is 0 Å². The number of esters is 1. The Balaban J connectivity index is 2.03. The van der Waals surface area contributed by atoms with Crippen molar-refractivity contribution in [2.45, 2.75) is 13.5 Å². The topological polar surface area (TPSA) is 31.2 Å². The van der Waals surface area contributed by atoms with Gasteiger partial charge in [0.15, 0.2) is 0 Å². The largest absolute Gasteiger partial charge is 0.461 e. The van der Waals surface area contributed by atoms with Crippen molar-refractivity contribution in [3.63, 3.8) is 0 Å².